The van der Waals surface area contributed by atoms with E-state index in [2.05, 4.69) is 0 Å². The average Bonchev–Trinajstić information content (AvgIpc) is 3.01. The van der Waals surface area contributed by atoms with Crippen LogP contribution in [0.3, 0.4) is 0 Å². The SMILES string of the molecule is CC1OCCCN1C(=O)c1ccc(-n2cccc2)cc1. The molecule has 1 amide bonds. The number of nitrogens with zero attached hydrogens (tertiary/aromatic N) is 2. The smallest absolute Gasteiger partial charge is 0.255 e. The van der Waals surface area contributed by atoms with E-state index in [9.17, 15) is 4.79 Å². The maximum Gasteiger partial charge on any atom is 0.255 e. The van der Waals surface area contributed by atoms with Crippen molar-refractivity contribution in [3.05, 3.63) is 54.4 Å². The van der Waals surface area contributed by atoms with Gasteiger partial charge in [-0.3, -0.25) is 4.79 Å². The van der Waals surface area contributed by atoms with E-state index in [4.69, 9.17) is 4.74 Å². The lowest BCUT2D eigenvalue weighted by Gasteiger charge is -2.33. The highest BCUT2D eigenvalue weighted by Crippen LogP contribution is 2.16. The number of amides is 1. The third-order valence-electron chi connectivity index (χ3n) is 3.62. The van der Waals surface area contributed by atoms with Crippen LogP contribution in [0, 0.1) is 0 Å². The third-order valence-corrected chi connectivity index (χ3v) is 3.62. The first kappa shape index (κ1) is 12.9. The zero-order chi connectivity index (χ0) is 13.9. The summed E-state index contributed by atoms with van der Waals surface area (Å²) >= 11 is 0. The van der Waals surface area contributed by atoms with Gasteiger partial charge in [0.2, 0.25) is 0 Å². The minimum absolute atomic E-state index is 0.0382. The third kappa shape index (κ3) is 2.47. The first-order valence-electron chi connectivity index (χ1n) is 6.92. The number of carbonyl (C=O) groups excluding carboxylic acids is 1. The van der Waals surface area contributed by atoms with E-state index in [1.807, 2.05) is 60.3 Å². The number of ether oxygens (including phenoxy) is 1. The average molecular weight is 270 g/mol. The second-order valence-corrected chi connectivity index (χ2v) is 4.96. The van der Waals surface area contributed by atoms with E-state index in [1.54, 1.807) is 4.90 Å². The summed E-state index contributed by atoms with van der Waals surface area (Å²) < 4.78 is 7.53. The molecular weight excluding hydrogens is 252 g/mol. The predicted octanol–water partition coefficient (Wildman–Crippen LogP) is 2.69. The first-order chi connectivity index (χ1) is 9.75. The second kappa shape index (κ2) is 5.51. The fourth-order valence-corrected chi connectivity index (χ4v) is 2.48. The molecule has 1 aromatic carbocycles. The number of hydrogen-bond donors (Lipinski definition) is 0. The van der Waals surface area contributed by atoms with Gasteiger partial charge in [0.15, 0.2) is 0 Å². The molecule has 0 bridgehead atoms. The van der Waals surface area contributed by atoms with Gasteiger partial charge >= 0.3 is 0 Å². The maximum absolute atomic E-state index is 12.4. The molecule has 1 atom stereocenters. The Kier molecular flexibility index (Phi) is 3.56. The van der Waals surface area contributed by atoms with Gasteiger partial charge in [0.1, 0.15) is 6.23 Å². The molecule has 104 valence electrons. The molecule has 3 rings (SSSR count). The summed E-state index contributed by atoms with van der Waals surface area (Å²) in [6.45, 7) is 3.42. The molecule has 1 aliphatic heterocycles. The highest BCUT2D eigenvalue weighted by molar-refractivity contribution is 5.94. The summed E-state index contributed by atoms with van der Waals surface area (Å²) in [5.74, 6) is 0.0382. The Labute approximate surface area is 118 Å². The highest BCUT2D eigenvalue weighted by atomic mass is 16.5. The molecule has 4 nitrogen and oxygen atoms in total. The lowest BCUT2D eigenvalue weighted by Crippen LogP contribution is -2.44. The molecule has 20 heavy (non-hydrogen) atoms. The molecule has 1 aliphatic rings. The summed E-state index contributed by atoms with van der Waals surface area (Å²) in [6.07, 6.45) is 4.73. The Hall–Kier alpha value is -2.07. The van der Waals surface area contributed by atoms with Gasteiger partial charge in [-0.05, 0) is 49.7 Å². The number of aromatic nitrogens is 1. The molecule has 1 aromatic heterocycles. The maximum atomic E-state index is 12.4. The van der Waals surface area contributed by atoms with E-state index in [0.717, 1.165) is 25.3 Å². The summed E-state index contributed by atoms with van der Waals surface area (Å²) in [4.78, 5) is 14.2. The molecule has 0 N–H and O–H groups in total. The Balaban J connectivity index is 1.78. The van der Waals surface area contributed by atoms with Gasteiger partial charge in [-0.2, -0.15) is 0 Å². The number of benzene rings is 1. The minimum Gasteiger partial charge on any atom is -0.359 e. The van der Waals surface area contributed by atoms with Crippen LogP contribution in [0.25, 0.3) is 5.69 Å². The second-order valence-electron chi connectivity index (χ2n) is 4.96. The van der Waals surface area contributed by atoms with E-state index >= 15 is 0 Å². The summed E-state index contributed by atoms with van der Waals surface area (Å²) in [7, 11) is 0. The van der Waals surface area contributed by atoms with Crippen molar-refractivity contribution in [2.24, 2.45) is 0 Å². The van der Waals surface area contributed by atoms with Crippen LogP contribution < -0.4 is 0 Å². The van der Waals surface area contributed by atoms with Crippen molar-refractivity contribution >= 4 is 5.91 Å². The van der Waals surface area contributed by atoms with Crippen LogP contribution in [0.5, 0.6) is 0 Å². The minimum atomic E-state index is -0.139. The molecule has 4 heteroatoms. The summed E-state index contributed by atoms with van der Waals surface area (Å²) in [5, 5.41) is 0. The van der Waals surface area contributed by atoms with Crippen LogP contribution in [-0.4, -0.2) is 34.8 Å². The van der Waals surface area contributed by atoms with Crippen molar-refractivity contribution in [2.75, 3.05) is 13.2 Å². The normalized spacial score (nSPS) is 19.1. The van der Waals surface area contributed by atoms with E-state index in [1.165, 1.54) is 0 Å². The van der Waals surface area contributed by atoms with Gasteiger partial charge < -0.3 is 14.2 Å². The summed E-state index contributed by atoms with van der Waals surface area (Å²) in [5.41, 5.74) is 1.76. The van der Waals surface area contributed by atoms with E-state index in [0.29, 0.717) is 5.56 Å². The van der Waals surface area contributed by atoms with Crippen molar-refractivity contribution in [3.63, 3.8) is 0 Å². The van der Waals surface area contributed by atoms with Crippen LogP contribution in [0.15, 0.2) is 48.8 Å². The zero-order valence-electron chi connectivity index (χ0n) is 11.5. The number of rotatable bonds is 2. The monoisotopic (exact) mass is 270 g/mol. The van der Waals surface area contributed by atoms with Crippen molar-refractivity contribution in [2.45, 2.75) is 19.6 Å². The highest BCUT2D eigenvalue weighted by Gasteiger charge is 2.24. The predicted molar refractivity (Wildman–Crippen MR) is 76.8 cm³/mol. The largest absolute Gasteiger partial charge is 0.359 e. The fraction of sp³-hybridized carbons (Fsp3) is 0.312. The molecule has 0 radical (unpaired) electrons. The Bertz CT molecular complexity index is 575. The van der Waals surface area contributed by atoms with Gasteiger partial charge in [0.25, 0.3) is 5.91 Å². The van der Waals surface area contributed by atoms with Crippen LogP contribution in [0.1, 0.15) is 23.7 Å². The molecule has 1 fully saturated rings. The molecule has 0 aliphatic carbocycles. The summed E-state index contributed by atoms with van der Waals surface area (Å²) in [6, 6.07) is 11.6. The van der Waals surface area contributed by atoms with Gasteiger partial charge in [0, 0.05) is 30.2 Å². The molecular formula is C16H18N2O2. The van der Waals surface area contributed by atoms with E-state index in [-0.39, 0.29) is 12.1 Å². The Morgan fingerprint density at radius 1 is 1.20 bits per heavy atom. The Morgan fingerprint density at radius 2 is 1.90 bits per heavy atom. The van der Waals surface area contributed by atoms with Crippen molar-refractivity contribution < 1.29 is 9.53 Å². The lowest BCUT2D eigenvalue weighted by molar-refractivity contribution is -0.0661. The van der Waals surface area contributed by atoms with Crippen molar-refractivity contribution in [1.82, 2.24) is 9.47 Å². The molecule has 2 heterocycles. The van der Waals surface area contributed by atoms with Crippen LogP contribution in [0.2, 0.25) is 0 Å². The van der Waals surface area contributed by atoms with Gasteiger partial charge in [-0.1, -0.05) is 0 Å². The first-order valence-corrected chi connectivity index (χ1v) is 6.92. The topological polar surface area (TPSA) is 34.5 Å². The quantitative estimate of drug-likeness (QED) is 0.841. The van der Waals surface area contributed by atoms with Crippen molar-refractivity contribution in [1.29, 1.82) is 0 Å². The zero-order valence-corrected chi connectivity index (χ0v) is 11.5. The fourth-order valence-electron chi connectivity index (χ4n) is 2.48. The van der Waals surface area contributed by atoms with Crippen LogP contribution in [0.4, 0.5) is 0 Å². The van der Waals surface area contributed by atoms with Crippen molar-refractivity contribution in [3.8, 4) is 5.69 Å². The Morgan fingerprint density at radius 3 is 2.55 bits per heavy atom. The van der Waals surface area contributed by atoms with Crippen LogP contribution in [-0.2, 0) is 4.74 Å². The van der Waals surface area contributed by atoms with Gasteiger partial charge in [0.05, 0.1) is 6.61 Å². The number of hydrogen-bond acceptors (Lipinski definition) is 2. The lowest BCUT2D eigenvalue weighted by atomic mass is 10.1. The number of carbonyl (C=O) groups is 1. The molecule has 0 saturated carbocycles. The van der Waals surface area contributed by atoms with Gasteiger partial charge in [-0.15, -0.1) is 0 Å². The van der Waals surface area contributed by atoms with E-state index < -0.39 is 0 Å². The standard InChI is InChI=1S/C16H18N2O2/c1-13-18(11-4-12-20-13)16(19)14-5-7-15(8-6-14)17-9-2-3-10-17/h2-3,5-10,13H,4,11-12H2,1H3. The molecule has 2 aromatic rings. The van der Waals surface area contributed by atoms with Crippen LogP contribution >= 0.6 is 0 Å². The molecule has 0 spiro atoms. The molecule has 1 unspecified atom stereocenters. The molecule has 1 saturated heterocycles. The van der Waals surface area contributed by atoms with Gasteiger partial charge in [-0.25, -0.2) is 0 Å².